The molecule has 0 unspecified atom stereocenters. The summed E-state index contributed by atoms with van der Waals surface area (Å²) in [6.07, 6.45) is 4.82. The molecule has 0 amide bonds. The first-order chi connectivity index (χ1) is 9.62. The van der Waals surface area contributed by atoms with E-state index in [2.05, 4.69) is 39.5 Å². The lowest BCUT2D eigenvalue weighted by atomic mass is 9.89. The highest BCUT2D eigenvalue weighted by atomic mass is 32.2. The van der Waals surface area contributed by atoms with Gasteiger partial charge in [0.15, 0.2) is 0 Å². The molecule has 0 saturated heterocycles. The van der Waals surface area contributed by atoms with Gasteiger partial charge in [-0.3, -0.25) is 0 Å². The minimum Gasteiger partial charge on any atom is -0.218 e. The fourth-order valence-corrected chi connectivity index (χ4v) is 2.57. The molecular formula is C18H24O2S. The Morgan fingerprint density at radius 3 is 2.29 bits per heavy atom. The molecule has 0 heterocycles. The van der Waals surface area contributed by atoms with Gasteiger partial charge >= 0.3 is 0 Å². The van der Waals surface area contributed by atoms with Crippen molar-refractivity contribution in [3.8, 4) is 0 Å². The Labute approximate surface area is 128 Å². The Kier molecular flexibility index (Phi) is 5.77. The van der Waals surface area contributed by atoms with E-state index in [0.29, 0.717) is 4.90 Å². The summed E-state index contributed by atoms with van der Waals surface area (Å²) in [7, 11) is -3.41. The minimum absolute atomic E-state index is 0.115. The van der Waals surface area contributed by atoms with Crippen molar-refractivity contribution in [3.63, 3.8) is 0 Å². The molecule has 1 aromatic rings. The topological polar surface area (TPSA) is 34.1 Å². The Balaban J connectivity index is 2.95. The standard InChI is InChI=1S/C18H24O2S/c1-15(2)11-13-18(4,5)12-6-14-21(19,20)17-9-7-16(3)8-10-17/h7-12,14H,13H2,1-5H3. The summed E-state index contributed by atoms with van der Waals surface area (Å²) in [6, 6.07) is 6.83. The molecule has 0 aliphatic rings. The molecule has 3 heteroatoms. The monoisotopic (exact) mass is 304 g/mol. The second-order valence-corrected chi connectivity index (χ2v) is 8.06. The van der Waals surface area contributed by atoms with Gasteiger partial charge in [-0.05, 0) is 50.8 Å². The van der Waals surface area contributed by atoms with Crippen LogP contribution in [0.1, 0.15) is 39.7 Å². The van der Waals surface area contributed by atoms with Gasteiger partial charge in [-0.1, -0.05) is 43.2 Å². The summed E-state index contributed by atoms with van der Waals surface area (Å²) >= 11 is 0. The smallest absolute Gasteiger partial charge is 0.207 e. The SMILES string of the molecule is CC(C)=CCC(C)(C)C=C=CS(=O)(=O)c1ccc(C)cc1. The molecule has 0 saturated carbocycles. The molecule has 0 bridgehead atoms. The third-order valence-corrected chi connectivity index (χ3v) is 4.46. The lowest BCUT2D eigenvalue weighted by Crippen LogP contribution is -2.05. The predicted molar refractivity (Wildman–Crippen MR) is 88.8 cm³/mol. The predicted octanol–water partition coefficient (Wildman–Crippen LogP) is 4.82. The number of aryl methyl sites for hydroxylation is 1. The van der Waals surface area contributed by atoms with Gasteiger partial charge in [0.1, 0.15) is 0 Å². The van der Waals surface area contributed by atoms with Gasteiger partial charge in [-0.25, -0.2) is 8.42 Å². The second kappa shape index (κ2) is 6.93. The van der Waals surface area contributed by atoms with Crippen LogP contribution in [0.5, 0.6) is 0 Å². The molecule has 1 rings (SSSR count). The fourth-order valence-electron chi connectivity index (χ4n) is 1.67. The quantitative estimate of drug-likeness (QED) is 0.577. The van der Waals surface area contributed by atoms with E-state index in [1.54, 1.807) is 24.3 Å². The van der Waals surface area contributed by atoms with Crippen LogP contribution < -0.4 is 0 Å². The second-order valence-electron chi connectivity index (χ2n) is 6.26. The first-order valence-corrected chi connectivity index (χ1v) is 8.56. The number of benzene rings is 1. The van der Waals surface area contributed by atoms with Crippen LogP contribution >= 0.6 is 0 Å². The molecule has 0 radical (unpaired) electrons. The molecule has 0 aliphatic heterocycles. The van der Waals surface area contributed by atoms with Crippen LogP contribution in [0.3, 0.4) is 0 Å². The fraction of sp³-hybridized carbons (Fsp3) is 0.389. The van der Waals surface area contributed by atoms with Crippen molar-refractivity contribution in [3.05, 3.63) is 58.7 Å². The first kappa shape index (κ1) is 17.5. The van der Waals surface area contributed by atoms with Crippen LogP contribution in [-0.4, -0.2) is 8.42 Å². The Bertz CT molecular complexity index is 664. The minimum atomic E-state index is -3.41. The maximum absolute atomic E-state index is 12.1. The maximum Gasteiger partial charge on any atom is 0.207 e. The summed E-state index contributed by atoms with van der Waals surface area (Å²) in [5, 5.41) is 1.15. The molecule has 21 heavy (non-hydrogen) atoms. The van der Waals surface area contributed by atoms with E-state index in [-0.39, 0.29) is 5.41 Å². The third kappa shape index (κ3) is 6.16. The van der Waals surface area contributed by atoms with Crippen LogP contribution in [0, 0.1) is 12.3 Å². The first-order valence-electron chi connectivity index (χ1n) is 7.01. The van der Waals surface area contributed by atoms with Crippen LogP contribution in [0.25, 0.3) is 0 Å². The molecular weight excluding hydrogens is 280 g/mol. The van der Waals surface area contributed by atoms with Gasteiger partial charge in [0.25, 0.3) is 0 Å². The molecule has 0 spiro atoms. The van der Waals surface area contributed by atoms with Crippen molar-refractivity contribution < 1.29 is 8.42 Å². The largest absolute Gasteiger partial charge is 0.218 e. The summed E-state index contributed by atoms with van der Waals surface area (Å²) < 4.78 is 24.3. The molecule has 114 valence electrons. The van der Waals surface area contributed by atoms with Crippen molar-refractivity contribution in [2.45, 2.75) is 45.9 Å². The zero-order valence-electron chi connectivity index (χ0n) is 13.5. The molecule has 0 aromatic heterocycles. The van der Waals surface area contributed by atoms with E-state index in [1.807, 2.05) is 13.0 Å². The van der Waals surface area contributed by atoms with Gasteiger partial charge in [0.05, 0.1) is 10.3 Å². The van der Waals surface area contributed by atoms with Crippen LogP contribution in [0.2, 0.25) is 0 Å². The van der Waals surface area contributed by atoms with E-state index in [9.17, 15) is 8.42 Å². The lowest BCUT2D eigenvalue weighted by molar-refractivity contribution is 0.488. The molecule has 1 aromatic carbocycles. The van der Waals surface area contributed by atoms with Gasteiger partial charge < -0.3 is 0 Å². The Morgan fingerprint density at radius 2 is 1.76 bits per heavy atom. The number of rotatable bonds is 5. The lowest BCUT2D eigenvalue weighted by Gasteiger charge is -2.16. The summed E-state index contributed by atoms with van der Waals surface area (Å²) in [4.78, 5) is 0.302. The van der Waals surface area contributed by atoms with Crippen molar-refractivity contribution in [2.24, 2.45) is 5.41 Å². The van der Waals surface area contributed by atoms with Gasteiger partial charge in [0, 0.05) is 0 Å². The van der Waals surface area contributed by atoms with Crippen LogP contribution in [0.15, 0.2) is 58.0 Å². The van der Waals surface area contributed by atoms with Crippen molar-refractivity contribution in [1.82, 2.24) is 0 Å². The number of sulfone groups is 1. The van der Waals surface area contributed by atoms with E-state index < -0.39 is 9.84 Å². The van der Waals surface area contributed by atoms with Gasteiger partial charge in [-0.15, -0.1) is 5.73 Å². The summed E-state index contributed by atoms with van der Waals surface area (Å²) in [5.74, 6) is 0. The maximum atomic E-state index is 12.1. The van der Waals surface area contributed by atoms with E-state index in [1.165, 1.54) is 5.57 Å². The van der Waals surface area contributed by atoms with Crippen LogP contribution in [0.4, 0.5) is 0 Å². The number of hydrogen-bond acceptors (Lipinski definition) is 2. The average molecular weight is 304 g/mol. The highest BCUT2D eigenvalue weighted by molar-refractivity contribution is 7.94. The molecule has 2 nitrogen and oxygen atoms in total. The van der Waals surface area contributed by atoms with E-state index in [0.717, 1.165) is 17.4 Å². The molecule has 0 fully saturated rings. The molecule has 0 N–H and O–H groups in total. The van der Waals surface area contributed by atoms with E-state index >= 15 is 0 Å². The highest BCUT2D eigenvalue weighted by Gasteiger charge is 2.12. The van der Waals surface area contributed by atoms with Crippen molar-refractivity contribution in [2.75, 3.05) is 0 Å². The van der Waals surface area contributed by atoms with Crippen molar-refractivity contribution in [1.29, 1.82) is 0 Å². The summed E-state index contributed by atoms with van der Waals surface area (Å²) in [5.41, 5.74) is 5.02. The third-order valence-electron chi connectivity index (χ3n) is 3.08. The number of hydrogen-bond donors (Lipinski definition) is 0. The van der Waals surface area contributed by atoms with Crippen LogP contribution in [-0.2, 0) is 9.84 Å². The molecule has 0 atom stereocenters. The molecule has 0 aliphatic carbocycles. The number of allylic oxidation sites excluding steroid dienone is 3. The van der Waals surface area contributed by atoms with E-state index in [4.69, 9.17) is 0 Å². The van der Waals surface area contributed by atoms with Gasteiger partial charge in [-0.2, -0.15) is 0 Å². The summed E-state index contributed by atoms with van der Waals surface area (Å²) in [6.45, 7) is 10.2. The van der Waals surface area contributed by atoms with Gasteiger partial charge in [0.2, 0.25) is 9.84 Å². The zero-order chi connectivity index (χ0) is 16.1. The van der Waals surface area contributed by atoms with Crippen molar-refractivity contribution >= 4 is 9.84 Å². The Hall–Kier alpha value is -1.57. The average Bonchev–Trinajstić information content (AvgIpc) is 2.36. The normalized spacial score (nSPS) is 11.5. The zero-order valence-corrected chi connectivity index (χ0v) is 14.3. The highest BCUT2D eigenvalue weighted by Crippen LogP contribution is 2.23. The Morgan fingerprint density at radius 1 is 1.19 bits per heavy atom.